The van der Waals surface area contributed by atoms with Crippen molar-refractivity contribution in [3.63, 3.8) is 0 Å². The summed E-state index contributed by atoms with van der Waals surface area (Å²) in [5.74, 6) is 1.38. The topological polar surface area (TPSA) is 64.1 Å². The van der Waals surface area contributed by atoms with E-state index < -0.39 is 0 Å². The van der Waals surface area contributed by atoms with Gasteiger partial charge < -0.3 is 4.74 Å². The molecular formula is C14H17N3O2S2. The molecule has 1 N–H and O–H groups in total. The Morgan fingerprint density at radius 3 is 2.62 bits per heavy atom. The summed E-state index contributed by atoms with van der Waals surface area (Å²) < 4.78 is 5.09. The van der Waals surface area contributed by atoms with Crippen molar-refractivity contribution in [2.24, 2.45) is 0 Å². The first-order chi connectivity index (χ1) is 10.1. The Balaban J connectivity index is 1.83. The first-order valence-corrected chi connectivity index (χ1v) is 8.29. The molecule has 0 spiro atoms. The first kappa shape index (κ1) is 15.8. The number of nitrogens with zero attached hydrogens (tertiary/aromatic N) is 2. The van der Waals surface area contributed by atoms with E-state index in [9.17, 15) is 4.79 Å². The van der Waals surface area contributed by atoms with E-state index in [4.69, 9.17) is 4.74 Å². The normalized spacial score (nSPS) is 10.7. The van der Waals surface area contributed by atoms with Crippen molar-refractivity contribution in [2.45, 2.75) is 24.7 Å². The number of nitrogens with one attached hydrogen (secondary N) is 1. The second-order valence-corrected chi connectivity index (χ2v) is 6.67. The van der Waals surface area contributed by atoms with Crippen LogP contribution >= 0.6 is 23.1 Å². The van der Waals surface area contributed by atoms with Gasteiger partial charge in [0.2, 0.25) is 11.0 Å². The van der Waals surface area contributed by atoms with E-state index in [2.05, 4.69) is 15.5 Å². The van der Waals surface area contributed by atoms with Crippen molar-refractivity contribution in [1.82, 2.24) is 10.2 Å². The van der Waals surface area contributed by atoms with Crippen LogP contribution in [0, 0.1) is 0 Å². The molecule has 0 unspecified atom stereocenters. The molecule has 0 saturated heterocycles. The van der Waals surface area contributed by atoms with E-state index in [1.807, 2.05) is 38.1 Å². The zero-order valence-corrected chi connectivity index (χ0v) is 13.8. The molecule has 1 aromatic carbocycles. The Labute approximate surface area is 132 Å². The molecule has 0 fully saturated rings. The number of rotatable bonds is 6. The molecule has 0 atom stereocenters. The molecule has 2 aromatic rings. The third-order valence-corrected chi connectivity index (χ3v) is 4.76. The van der Waals surface area contributed by atoms with Gasteiger partial charge in [-0.25, -0.2) is 0 Å². The Kier molecular flexibility index (Phi) is 5.58. The molecule has 0 saturated carbocycles. The second kappa shape index (κ2) is 7.42. The van der Waals surface area contributed by atoms with E-state index >= 15 is 0 Å². The summed E-state index contributed by atoms with van der Waals surface area (Å²) in [7, 11) is 1.63. The van der Waals surface area contributed by atoms with Crippen LogP contribution in [0.1, 0.15) is 24.8 Å². The molecule has 5 nitrogen and oxygen atoms in total. The molecule has 0 radical (unpaired) electrons. The summed E-state index contributed by atoms with van der Waals surface area (Å²) >= 11 is 2.88. The fraction of sp³-hybridized carbons (Fsp3) is 0.357. The van der Waals surface area contributed by atoms with Gasteiger partial charge in [0.15, 0.2) is 0 Å². The summed E-state index contributed by atoms with van der Waals surface area (Å²) in [6, 6.07) is 7.61. The highest BCUT2D eigenvalue weighted by atomic mass is 32.2. The molecule has 1 amide bonds. The molecule has 2 rings (SSSR count). The molecule has 0 aliphatic heterocycles. The first-order valence-electron chi connectivity index (χ1n) is 6.48. The Morgan fingerprint density at radius 1 is 1.33 bits per heavy atom. The molecule has 1 heterocycles. The van der Waals surface area contributed by atoms with E-state index in [0.717, 1.165) is 15.7 Å². The molecular weight excluding hydrogens is 306 g/mol. The maximum Gasteiger partial charge on any atom is 0.236 e. The minimum atomic E-state index is -0.0812. The van der Waals surface area contributed by atoms with Gasteiger partial charge in [-0.15, -0.1) is 22.0 Å². The van der Waals surface area contributed by atoms with Gasteiger partial charge in [0.1, 0.15) is 10.8 Å². The Morgan fingerprint density at radius 2 is 2.05 bits per heavy atom. The number of hydrogen-bond acceptors (Lipinski definition) is 6. The summed E-state index contributed by atoms with van der Waals surface area (Å²) in [5.41, 5.74) is 0. The van der Waals surface area contributed by atoms with Crippen molar-refractivity contribution in [3.8, 4) is 5.75 Å². The molecule has 0 aliphatic carbocycles. The number of carbonyl (C=O) groups is 1. The number of ether oxygens (including phenoxy) is 1. The van der Waals surface area contributed by atoms with Crippen LogP contribution in [0.5, 0.6) is 5.75 Å². The standard InChI is InChI=1S/C14H17N3O2S2/c1-9(2)13-16-17-14(21-13)15-12(18)8-20-11-6-4-10(19-3)5-7-11/h4-7,9H,8H2,1-3H3,(H,15,17,18). The molecule has 21 heavy (non-hydrogen) atoms. The van der Waals surface area contributed by atoms with Crippen molar-refractivity contribution in [2.75, 3.05) is 18.2 Å². The van der Waals surface area contributed by atoms with E-state index in [1.165, 1.54) is 23.1 Å². The van der Waals surface area contributed by atoms with E-state index in [-0.39, 0.29) is 5.91 Å². The number of benzene rings is 1. The van der Waals surface area contributed by atoms with Crippen molar-refractivity contribution >= 4 is 34.1 Å². The lowest BCUT2D eigenvalue weighted by Gasteiger charge is -2.03. The highest BCUT2D eigenvalue weighted by Gasteiger charge is 2.10. The second-order valence-electron chi connectivity index (χ2n) is 4.61. The van der Waals surface area contributed by atoms with Gasteiger partial charge in [-0.1, -0.05) is 25.2 Å². The number of anilines is 1. The average Bonchev–Trinajstić information content (AvgIpc) is 2.94. The number of hydrogen-bond donors (Lipinski definition) is 1. The Bertz CT molecular complexity index is 597. The Hall–Kier alpha value is -1.60. The lowest BCUT2D eigenvalue weighted by atomic mass is 10.2. The maximum atomic E-state index is 11.9. The van der Waals surface area contributed by atoms with Gasteiger partial charge in [0, 0.05) is 10.8 Å². The summed E-state index contributed by atoms with van der Waals surface area (Å²) in [4.78, 5) is 12.9. The lowest BCUT2D eigenvalue weighted by molar-refractivity contribution is -0.113. The predicted octanol–water partition coefficient (Wildman–Crippen LogP) is 3.40. The predicted molar refractivity (Wildman–Crippen MR) is 86.3 cm³/mol. The minimum Gasteiger partial charge on any atom is -0.497 e. The van der Waals surface area contributed by atoms with Gasteiger partial charge in [-0.2, -0.15) is 0 Å². The SMILES string of the molecule is COc1ccc(SCC(=O)Nc2nnc(C(C)C)s2)cc1. The maximum absolute atomic E-state index is 11.9. The molecule has 1 aromatic heterocycles. The third kappa shape index (κ3) is 4.71. The highest BCUT2D eigenvalue weighted by molar-refractivity contribution is 8.00. The summed E-state index contributed by atoms with van der Waals surface area (Å²) in [6.07, 6.45) is 0. The monoisotopic (exact) mass is 323 g/mol. The fourth-order valence-electron chi connectivity index (χ4n) is 1.49. The van der Waals surface area contributed by atoms with E-state index in [1.54, 1.807) is 7.11 Å². The van der Waals surface area contributed by atoms with Crippen molar-refractivity contribution < 1.29 is 9.53 Å². The van der Waals surface area contributed by atoms with Gasteiger partial charge in [-0.3, -0.25) is 10.1 Å². The third-order valence-electron chi connectivity index (χ3n) is 2.61. The van der Waals surface area contributed by atoms with E-state index in [0.29, 0.717) is 16.8 Å². The fourth-order valence-corrected chi connectivity index (χ4v) is 2.96. The zero-order chi connectivity index (χ0) is 15.2. The molecule has 7 heteroatoms. The smallest absolute Gasteiger partial charge is 0.236 e. The van der Waals surface area contributed by atoms with Crippen LogP contribution in [0.4, 0.5) is 5.13 Å². The van der Waals surface area contributed by atoms with Gasteiger partial charge >= 0.3 is 0 Å². The van der Waals surface area contributed by atoms with Crippen LogP contribution in [0.3, 0.4) is 0 Å². The van der Waals surface area contributed by atoms with Gasteiger partial charge in [-0.05, 0) is 24.3 Å². The molecule has 0 aliphatic rings. The number of aromatic nitrogens is 2. The number of amides is 1. The molecule has 0 bridgehead atoms. The van der Waals surface area contributed by atoms with Gasteiger partial charge in [0.25, 0.3) is 0 Å². The molecule has 112 valence electrons. The van der Waals surface area contributed by atoms with Crippen LogP contribution in [-0.2, 0) is 4.79 Å². The highest BCUT2D eigenvalue weighted by Crippen LogP contribution is 2.24. The largest absolute Gasteiger partial charge is 0.497 e. The van der Waals surface area contributed by atoms with Crippen LogP contribution in [0.2, 0.25) is 0 Å². The summed E-state index contributed by atoms with van der Waals surface area (Å²) in [5, 5.41) is 12.3. The lowest BCUT2D eigenvalue weighted by Crippen LogP contribution is -2.13. The zero-order valence-electron chi connectivity index (χ0n) is 12.1. The minimum absolute atomic E-state index is 0.0812. The number of carbonyl (C=O) groups excluding carboxylic acids is 1. The van der Waals surface area contributed by atoms with Crippen molar-refractivity contribution in [1.29, 1.82) is 0 Å². The number of thioether (sulfide) groups is 1. The quantitative estimate of drug-likeness (QED) is 0.825. The van der Waals surface area contributed by atoms with Crippen LogP contribution in [0.15, 0.2) is 29.2 Å². The van der Waals surface area contributed by atoms with Crippen LogP contribution in [0.25, 0.3) is 0 Å². The summed E-state index contributed by atoms with van der Waals surface area (Å²) in [6.45, 7) is 4.09. The number of methoxy groups -OCH3 is 1. The van der Waals surface area contributed by atoms with Gasteiger partial charge in [0.05, 0.1) is 12.9 Å². The van der Waals surface area contributed by atoms with Crippen LogP contribution in [-0.4, -0.2) is 29.0 Å². The average molecular weight is 323 g/mol. The van der Waals surface area contributed by atoms with Crippen molar-refractivity contribution in [3.05, 3.63) is 29.3 Å². The van der Waals surface area contributed by atoms with Crippen LogP contribution < -0.4 is 10.1 Å².